The fourth-order valence-electron chi connectivity index (χ4n) is 3.66. The van der Waals surface area contributed by atoms with Gasteiger partial charge in [0.05, 0.1) is 23.2 Å². The van der Waals surface area contributed by atoms with Gasteiger partial charge in [-0.3, -0.25) is 9.10 Å². The molecule has 0 aliphatic rings. The van der Waals surface area contributed by atoms with Crippen LogP contribution in [0.5, 0.6) is 5.75 Å². The van der Waals surface area contributed by atoms with E-state index in [0.29, 0.717) is 12.3 Å². The van der Waals surface area contributed by atoms with E-state index in [1.165, 1.54) is 4.31 Å². The Bertz CT molecular complexity index is 1240. The Morgan fingerprint density at radius 1 is 0.971 bits per heavy atom. The number of hydrogen-bond donors (Lipinski definition) is 1. The Morgan fingerprint density at radius 3 is 2.24 bits per heavy atom. The molecule has 0 saturated heterocycles. The van der Waals surface area contributed by atoms with Gasteiger partial charge in [-0.1, -0.05) is 42.0 Å². The van der Waals surface area contributed by atoms with Crippen LogP contribution >= 0.6 is 0 Å². The highest BCUT2D eigenvalue weighted by atomic mass is 32.2. The monoisotopic (exact) mass is 480 g/mol. The van der Waals surface area contributed by atoms with Crippen LogP contribution in [0.2, 0.25) is 0 Å². The average molecular weight is 481 g/mol. The smallest absolute Gasteiger partial charge is 0.264 e. The quantitative estimate of drug-likeness (QED) is 0.463. The first-order valence-corrected chi connectivity index (χ1v) is 12.7. The van der Waals surface area contributed by atoms with Crippen LogP contribution in [-0.2, 0) is 14.8 Å². The van der Waals surface area contributed by atoms with Crippen LogP contribution in [0, 0.1) is 20.8 Å². The number of benzene rings is 3. The predicted octanol–water partition coefficient (Wildman–Crippen LogP) is 5.08. The fraction of sp³-hybridized carbons (Fsp3) is 0.296. The molecule has 0 aliphatic carbocycles. The van der Waals surface area contributed by atoms with Gasteiger partial charge >= 0.3 is 0 Å². The number of carbonyl (C=O) groups is 1. The average Bonchev–Trinajstić information content (AvgIpc) is 2.80. The molecule has 3 aromatic carbocycles. The zero-order valence-electron chi connectivity index (χ0n) is 20.3. The second-order valence-electron chi connectivity index (χ2n) is 8.34. The molecule has 3 aromatic rings. The van der Waals surface area contributed by atoms with Gasteiger partial charge in [-0.15, -0.1) is 0 Å². The molecule has 0 unspecified atom stereocenters. The van der Waals surface area contributed by atoms with Crippen molar-refractivity contribution in [1.82, 2.24) is 5.32 Å². The Morgan fingerprint density at radius 2 is 1.62 bits per heavy atom. The van der Waals surface area contributed by atoms with Gasteiger partial charge < -0.3 is 10.1 Å². The fourth-order valence-corrected chi connectivity index (χ4v) is 5.14. The summed E-state index contributed by atoms with van der Waals surface area (Å²) in [7, 11) is -3.96. The molecule has 1 N–H and O–H groups in total. The number of aryl methyl sites for hydroxylation is 2. The number of anilines is 1. The molecule has 0 fully saturated rings. The van der Waals surface area contributed by atoms with Crippen molar-refractivity contribution in [3.63, 3.8) is 0 Å². The summed E-state index contributed by atoms with van der Waals surface area (Å²) >= 11 is 0. The van der Waals surface area contributed by atoms with Crippen molar-refractivity contribution in [1.29, 1.82) is 0 Å². The molecule has 1 atom stereocenters. The van der Waals surface area contributed by atoms with E-state index in [2.05, 4.69) is 5.32 Å². The summed E-state index contributed by atoms with van der Waals surface area (Å²) in [6.07, 6.45) is 0. The molecule has 0 radical (unpaired) electrons. The minimum atomic E-state index is -3.96. The maximum Gasteiger partial charge on any atom is 0.264 e. The number of nitrogens with one attached hydrogen (secondary N) is 1. The van der Waals surface area contributed by atoms with Gasteiger partial charge in [0.25, 0.3) is 10.0 Å². The SMILES string of the molecule is CCOc1ccc([C@H](C)NC(=O)CN(c2cccc(C)c2C)S(=O)(=O)c2ccc(C)cc2)cc1. The van der Waals surface area contributed by atoms with Gasteiger partial charge in [-0.05, 0) is 81.6 Å². The Balaban J connectivity index is 1.88. The van der Waals surface area contributed by atoms with E-state index in [1.54, 1.807) is 36.4 Å². The van der Waals surface area contributed by atoms with Gasteiger partial charge in [0.15, 0.2) is 0 Å². The first-order chi connectivity index (χ1) is 16.1. The number of rotatable bonds is 9. The second-order valence-corrected chi connectivity index (χ2v) is 10.2. The molecule has 0 spiro atoms. The third kappa shape index (κ3) is 5.78. The first-order valence-electron chi connectivity index (χ1n) is 11.3. The summed E-state index contributed by atoms with van der Waals surface area (Å²) in [6, 6.07) is 19.3. The summed E-state index contributed by atoms with van der Waals surface area (Å²) in [5.41, 5.74) is 4.11. The standard InChI is InChI=1S/C27H32N2O4S/c1-6-33-24-14-12-23(13-15-24)22(5)28-27(30)18-29(26-9-7-8-20(3)21(26)4)34(31,32)25-16-10-19(2)11-17-25/h7-17,22H,6,18H2,1-5H3,(H,28,30)/t22-/m0/s1. The predicted molar refractivity (Wildman–Crippen MR) is 136 cm³/mol. The van der Waals surface area contributed by atoms with Gasteiger partial charge in [-0.25, -0.2) is 8.42 Å². The summed E-state index contributed by atoms with van der Waals surface area (Å²) < 4.78 is 33.9. The van der Waals surface area contributed by atoms with E-state index >= 15 is 0 Å². The number of hydrogen-bond acceptors (Lipinski definition) is 4. The third-order valence-corrected chi connectivity index (χ3v) is 7.58. The van der Waals surface area contributed by atoms with Crippen LogP contribution in [0.3, 0.4) is 0 Å². The normalized spacial score (nSPS) is 12.1. The van der Waals surface area contributed by atoms with E-state index in [-0.39, 0.29) is 17.5 Å². The lowest BCUT2D eigenvalue weighted by Crippen LogP contribution is -2.42. The molecule has 0 saturated carbocycles. The van der Waals surface area contributed by atoms with Gasteiger partial charge in [0.2, 0.25) is 5.91 Å². The molecule has 0 aromatic heterocycles. The third-order valence-electron chi connectivity index (χ3n) is 5.81. The molecule has 1 amide bonds. The largest absolute Gasteiger partial charge is 0.494 e. The lowest BCUT2D eigenvalue weighted by atomic mass is 10.1. The van der Waals surface area contributed by atoms with Crippen LogP contribution < -0.4 is 14.4 Å². The van der Waals surface area contributed by atoms with Crippen LogP contribution in [-0.4, -0.2) is 27.5 Å². The number of amides is 1. The molecular formula is C27H32N2O4S. The topological polar surface area (TPSA) is 75.7 Å². The maximum absolute atomic E-state index is 13.6. The number of nitrogens with zero attached hydrogens (tertiary/aromatic N) is 1. The van der Waals surface area contributed by atoms with Crippen molar-refractivity contribution in [3.8, 4) is 5.75 Å². The van der Waals surface area contributed by atoms with E-state index in [9.17, 15) is 13.2 Å². The Hall–Kier alpha value is -3.32. The molecular weight excluding hydrogens is 448 g/mol. The second kappa shape index (κ2) is 10.7. The highest BCUT2D eigenvalue weighted by molar-refractivity contribution is 7.92. The minimum Gasteiger partial charge on any atom is -0.494 e. The van der Waals surface area contributed by atoms with Crippen LogP contribution in [0.25, 0.3) is 0 Å². The van der Waals surface area contributed by atoms with Crippen molar-refractivity contribution in [3.05, 3.63) is 89.0 Å². The van der Waals surface area contributed by atoms with E-state index in [1.807, 2.05) is 65.0 Å². The molecule has 3 rings (SSSR count). The highest BCUT2D eigenvalue weighted by Crippen LogP contribution is 2.29. The van der Waals surface area contributed by atoms with Crippen molar-refractivity contribution in [2.75, 3.05) is 17.5 Å². The summed E-state index contributed by atoms with van der Waals surface area (Å²) in [4.78, 5) is 13.2. The first kappa shape index (κ1) is 25.3. The Kier molecular flexibility index (Phi) is 7.99. The van der Waals surface area contributed by atoms with Gasteiger partial charge in [0.1, 0.15) is 12.3 Å². The lowest BCUT2D eigenvalue weighted by molar-refractivity contribution is -0.120. The zero-order valence-corrected chi connectivity index (χ0v) is 21.1. The zero-order chi connectivity index (χ0) is 24.9. The number of ether oxygens (including phenoxy) is 1. The van der Waals surface area contributed by atoms with Crippen LogP contribution in [0.15, 0.2) is 71.6 Å². The van der Waals surface area contributed by atoms with E-state index in [4.69, 9.17) is 4.74 Å². The summed E-state index contributed by atoms with van der Waals surface area (Å²) in [5.74, 6) is 0.369. The van der Waals surface area contributed by atoms with Crippen molar-refractivity contribution in [2.45, 2.75) is 45.6 Å². The van der Waals surface area contributed by atoms with Gasteiger partial charge in [-0.2, -0.15) is 0 Å². The van der Waals surface area contributed by atoms with Crippen molar-refractivity contribution < 1.29 is 17.9 Å². The van der Waals surface area contributed by atoms with E-state index < -0.39 is 15.9 Å². The lowest BCUT2D eigenvalue weighted by Gasteiger charge is -2.27. The van der Waals surface area contributed by atoms with Crippen molar-refractivity contribution in [2.24, 2.45) is 0 Å². The maximum atomic E-state index is 13.6. The number of carbonyl (C=O) groups excluding carboxylic acids is 1. The van der Waals surface area contributed by atoms with Crippen LogP contribution in [0.1, 0.15) is 42.1 Å². The number of sulfonamides is 1. The van der Waals surface area contributed by atoms with Gasteiger partial charge in [0, 0.05) is 0 Å². The van der Waals surface area contributed by atoms with E-state index in [0.717, 1.165) is 28.0 Å². The summed E-state index contributed by atoms with van der Waals surface area (Å²) in [5, 5.41) is 2.93. The molecule has 0 aliphatic heterocycles. The molecule has 34 heavy (non-hydrogen) atoms. The molecule has 7 heteroatoms. The molecule has 180 valence electrons. The Labute approximate surface area is 202 Å². The molecule has 0 heterocycles. The highest BCUT2D eigenvalue weighted by Gasteiger charge is 2.29. The molecule has 6 nitrogen and oxygen atoms in total. The minimum absolute atomic E-state index is 0.145. The van der Waals surface area contributed by atoms with Crippen LogP contribution in [0.4, 0.5) is 5.69 Å². The summed E-state index contributed by atoms with van der Waals surface area (Å²) in [6.45, 7) is 9.71. The van der Waals surface area contributed by atoms with Crippen molar-refractivity contribution >= 4 is 21.6 Å². The molecule has 0 bridgehead atoms.